The summed E-state index contributed by atoms with van der Waals surface area (Å²) in [4.78, 5) is 0. The lowest BCUT2D eigenvalue weighted by Gasteiger charge is -2.22. The molecule has 1 rings (SSSR count). The van der Waals surface area contributed by atoms with Gasteiger partial charge in [-0.3, -0.25) is 0 Å². The molecule has 19 heavy (non-hydrogen) atoms. The molecule has 1 atom stereocenters. The molecule has 0 N–H and O–H groups in total. The molecule has 1 aliphatic heterocycles. The Morgan fingerprint density at radius 2 is 1.79 bits per heavy atom. The van der Waals surface area contributed by atoms with Crippen LogP contribution in [0, 0.1) is 0 Å². The smallest absolute Gasteiger partial charge is 0.379 e. The molecule has 4 nitrogen and oxygen atoms in total. The number of hydrogen-bond donors (Lipinski definition) is 0. The van der Waals surface area contributed by atoms with Gasteiger partial charge in [-0.05, 0) is 25.7 Å². The van der Waals surface area contributed by atoms with E-state index in [0.717, 1.165) is 25.9 Å². The molecule has 1 heterocycles. The first-order valence-electron chi connectivity index (χ1n) is 6.53. The fraction of sp³-hybridized carbons (Fsp3) is 1.00. The van der Waals surface area contributed by atoms with Gasteiger partial charge in [0.2, 0.25) is 0 Å². The number of rotatable bonds is 9. The maximum atomic E-state index is 11.7. The number of alkyl halides is 3. The van der Waals surface area contributed by atoms with E-state index in [2.05, 4.69) is 4.74 Å². The molecule has 1 fully saturated rings. The predicted molar refractivity (Wildman–Crippen MR) is 61.9 cm³/mol. The highest BCUT2D eigenvalue weighted by atomic mass is 19.4. The molecule has 0 radical (unpaired) electrons. The van der Waals surface area contributed by atoms with Gasteiger partial charge in [-0.1, -0.05) is 0 Å². The highest BCUT2D eigenvalue weighted by molar-refractivity contribution is 4.53. The van der Waals surface area contributed by atoms with E-state index in [1.807, 2.05) is 0 Å². The van der Waals surface area contributed by atoms with Crippen LogP contribution in [0.25, 0.3) is 0 Å². The van der Waals surface area contributed by atoms with Crippen LogP contribution in [0.2, 0.25) is 0 Å². The number of hydrogen-bond acceptors (Lipinski definition) is 4. The van der Waals surface area contributed by atoms with Crippen LogP contribution in [0.15, 0.2) is 0 Å². The van der Waals surface area contributed by atoms with Gasteiger partial charge < -0.3 is 18.9 Å². The Balaban J connectivity index is 1.78. The topological polar surface area (TPSA) is 36.9 Å². The summed E-state index contributed by atoms with van der Waals surface area (Å²) in [6, 6.07) is 0. The summed E-state index contributed by atoms with van der Waals surface area (Å²) in [5.74, 6) is 0. The van der Waals surface area contributed by atoms with Crippen molar-refractivity contribution in [2.24, 2.45) is 0 Å². The van der Waals surface area contributed by atoms with Gasteiger partial charge in [-0.2, -0.15) is 13.2 Å². The molecule has 0 aromatic rings. The maximum absolute atomic E-state index is 11.7. The van der Waals surface area contributed by atoms with E-state index in [4.69, 9.17) is 14.2 Å². The second-order valence-electron chi connectivity index (χ2n) is 4.30. The SMILES string of the molecule is FC(F)(F)COCCOCCCOC1CCCCO1. The maximum Gasteiger partial charge on any atom is 0.411 e. The van der Waals surface area contributed by atoms with Crippen LogP contribution in [0.1, 0.15) is 25.7 Å². The van der Waals surface area contributed by atoms with Crippen LogP contribution >= 0.6 is 0 Å². The normalized spacial score (nSPS) is 20.7. The van der Waals surface area contributed by atoms with Gasteiger partial charge in [0, 0.05) is 13.2 Å². The molecule has 0 bridgehead atoms. The Bertz CT molecular complexity index is 218. The highest BCUT2D eigenvalue weighted by Gasteiger charge is 2.27. The molecule has 7 heteroatoms. The molecule has 0 spiro atoms. The lowest BCUT2D eigenvalue weighted by Crippen LogP contribution is -2.23. The fourth-order valence-electron chi connectivity index (χ4n) is 1.63. The van der Waals surface area contributed by atoms with Gasteiger partial charge in [-0.15, -0.1) is 0 Å². The lowest BCUT2D eigenvalue weighted by molar-refractivity contribution is -0.177. The van der Waals surface area contributed by atoms with E-state index >= 15 is 0 Å². The van der Waals surface area contributed by atoms with Crippen LogP contribution in [0.5, 0.6) is 0 Å². The Kier molecular flexibility index (Phi) is 8.36. The minimum atomic E-state index is -4.27. The summed E-state index contributed by atoms with van der Waals surface area (Å²) in [6.07, 6.45) is -0.554. The summed E-state index contributed by atoms with van der Waals surface area (Å²) >= 11 is 0. The zero-order valence-electron chi connectivity index (χ0n) is 10.9. The summed E-state index contributed by atoms with van der Waals surface area (Å²) in [5.41, 5.74) is 0. The number of halogens is 3. The summed E-state index contributed by atoms with van der Waals surface area (Å²) < 4.78 is 55.5. The van der Waals surface area contributed by atoms with E-state index in [1.54, 1.807) is 0 Å². The van der Waals surface area contributed by atoms with Crippen molar-refractivity contribution in [3.63, 3.8) is 0 Å². The van der Waals surface area contributed by atoms with Crippen LogP contribution < -0.4 is 0 Å². The zero-order chi connectivity index (χ0) is 14.0. The molecule has 1 aliphatic rings. The Hall–Kier alpha value is -0.370. The molecular weight excluding hydrogens is 265 g/mol. The average Bonchev–Trinajstić information content (AvgIpc) is 2.37. The quantitative estimate of drug-likeness (QED) is 0.610. The minimum Gasteiger partial charge on any atom is -0.379 e. The van der Waals surface area contributed by atoms with Crippen LogP contribution in [-0.2, 0) is 18.9 Å². The zero-order valence-corrected chi connectivity index (χ0v) is 10.9. The van der Waals surface area contributed by atoms with E-state index in [9.17, 15) is 13.2 Å². The first-order chi connectivity index (χ1) is 9.08. The van der Waals surface area contributed by atoms with E-state index in [0.29, 0.717) is 19.6 Å². The molecule has 0 aromatic heterocycles. The van der Waals surface area contributed by atoms with Gasteiger partial charge in [0.1, 0.15) is 6.61 Å². The first-order valence-corrected chi connectivity index (χ1v) is 6.53. The van der Waals surface area contributed by atoms with E-state index in [1.165, 1.54) is 0 Å². The molecule has 0 aromatic carbocycles. The van der Waals surface area contributed by atoms with Crippen LogP contribution in [0.3, 0.4) is 0 Å². The Morgan fingerprint density at radius 1 is 1.00 bits per heavy atom. The summed E-state index contributed by atoms with van der Waals surface area (Å²) in [5, 5.41) is 0. The van der Waals surface area contributed by atoms with Crippen molar-refractivity contribution in [2.45, 2.75) is 38.1 Å². The monoisotopic (exact) mass is 286 g/mol. The molecule has 1 unspecified atom stereocenters. The summed E-state index contributed by atoms with van der Waals surface area (Å²) in [6.45, 7) is 0.620. The predicted octanol–water partition coefficient (Wildman–Crippen LogP) is 2.52. The van der Waals surface area contributed by atoms with Gasteiger partial charge in [-0.25, -0.2) is 0 Å². The third-order valence-electron chi connectivity index (χ3n) is 2.51. The first kappa shape index (κ1) is 16.7. The molecule has 0 amide bonds. The van der Waals surface area contributed by atoms with Gasteiger partial charge in [0.25, 0.3) is 0 Å². The van der Waals surface area contributed by atoms with Crippen molar-refractivity contribution in [1.29, 1.82) is 0 Å². The van der Waals surface area contributed by atoms with Crippen molar-refractivity contribution < 1.29 is 32.1 Å². The standard InChI is InChI=1S/C12H21F3O4/c13-12(14,15)10-17-9-8-16-5-3-7-19-11-4-1-2-6-18-11/h11H,1-10H2. The molecule has 0 aliphatic carbocycles. The van der Waals surface area contributed by atoms with Gasteiger partial charge in [0.15, 0.2) is 6.29 Å². The van der Waals surface area contributed by atoms with Crippen LogP contribution in [-0.4, -0.2) is 52.1 Å². The Labute approximate surface area is 111 Å². The third kappa shape index (κ3) is 10.1. The third-order valence-corrected chi connectivity index (χ3v) is 2.51. The van der Waals surface area contributed by atoms with E-state index < -0.39 is 12.8 Å². The fourth-order valence-corrected chi connectivity index (χ4v) is 1.63. The van der Waals surface area contributed by atoms with Crippen molar-refractivity contribution in [3.8, 4) is 0 Å². The van der Waals surface area contributed by atoms with Crippen LogP contribution in [0.4, 0.5) is 13.2 Å². The second-order valence-corrected chi connectivity index (χ2v) is 4.30. The Morgan fingerprint density at radius 3 is 2.47 bits per heavy atom. The lowest BCUT2D eigenvalue weighted by atomic mass is 10.2. The van der Waals surface area contributed by atoms with Gasteiger partial charge >= 0.3 is 6.18 Å². The largest absolute Gasteiger partial charge is 0.411 e. The molecule has 0 saturated carbocycles. The van der Waals surface area contributed by atoms with Crippen molar-refractivity contribution in [3.05, 3.63) is 0 Å². The summed E-state index contributed by atoms with van der Waals surface area (Å²) in [7, 11) is 0. The average molecular weight is 286 g/mol. The van der Waals surface area contributed by atoms with E-state index in [-0.39, 0.29) is 19.5 Å². The van der Waals surface area contributed by atoms with Gasteiger partial charge in [0.05, 0.1) is 19.8 Å². The second kappa shape index (κ2) is 9.52. The molecule has 1 saturated heterocycles. The molecule has 114 valence electrons. The molecular formula is C12H21F3O4. The minimum absolute atomic E-state index is 0.0495. The van der Waals surface area contributed by atoms with Crippen molar-refractivity contribution in [1.82, 2.24) is 0 Å². The van der Waals surface area contributed by atoms with Crippen molar-refractivity contribution in [2.75, 3.05) is 39.6 Å². The number of ether oxygens (including phenoxy) is 4. The van der Waals surface area contributed by atoms with Crippen molar-refractivity contribution >= 4 is 0 Å². The highest BCUT2D eigenvalue weighted by Crippen LogP contribution is 2.14.